The number of rotatable bonds is 6. The largest absolute Gasteiger partial charge is 0.407 e. The Morgan fingerprint density at radius 2 is 1.30 bits per heavy atom. The molecular weight excluding hydrogens is 296 g/mol. The zero-order valence-corrected chi connectivity index (χ0v) is 16.1. The molecule has 0 N–H and O–H groups in total. The minimum absolute atomic E-state index is 0.0593. The summed E-state index contributed by atoms with van der Waals surface area (Å²) in [5, 5.41) is 2.76. The van der Waals surface area contributed by atoms with E-state index in [1.165, 1.54) is 16.3 Å². The van der Waals surface area contributed by atoms with E-state index in [1.807, 2.05) is 0 Å². The van der Waals surface area contributed by atoms with Gasteiger partial charge in [0.1, 0.15) is 0 Å². The van der Waals surface area contributed by atoms with Gasteiger partial charge in [-0.15, -0.1) is 0 Å². The molecule has 2 aromatic carbocycles. The van der Waals surface area contributed by atoms with Crippen LogP contribution in [0, 0.1) is 5.92 Å². The van der Waals surface area contributed by atoms with Crippen molar-refractivity contribution in [3.8, 4) is 0 Å². The van der Waals surface area contributed by atoms with Crippen LogP contribution in [-0.4, -0.2) is 14.9 Å². The molecule has 0 aromatic heterocycles. The lowest BCUT2D eigenvalue weighted by molar-refractivity contribution is 0.306. The van der Waals surface area contributed by atoms with Gasteiger partial charge in [0.05, 0.1) is 0 Å². The summed E-state index contributed by atoms with van der Waals surface area (Å²) in [6.45, 7) is 12.1. The maximum atomic E-state index is 6.82. The van der Waals surface area contributed by atoms with E-state index in [-0.39, 0.29) is 5.04 Å². The molecule has 0 saturated carbocycles. The summed E-state index contributed by atoms with van der Waals surface area (Å²) in [6.07, 6.45) is 1.07. The lowest BCUT2D eigenvalue weighted by Gasteiger charge is -2.43. The molecule has 0 heterocycles. The summed E-state index contributed by atoms with van der Waals surface area (Å²) in [5.41, 5.74) is 0. The van der Waals surface area contributed by atoms with Crippen LogP contribution >= 0.6 is 0 Å². The lowest BCUT2D eigenvalue weighted by atomic mass is 10.1. The van der Waals surface area contributed by atoms with Crippen LogP contribution in [0.4, 0.5) is 0 Å². The van der Waals surface area contributed by atoms with Gasteiger partial charge < -0.3 is 4.43 Å². The van der Waals surface area contributed by atoms with E-state index in [4.69, 9.17) is 4.43 Å². The summed E-state index contributed by atoms with van der Waals surface area (Å²) in [4.78, 5) is 0. The molecule has 0 fully saturated rings. The molecule has 0 bridgehead atoms. The van der Waals surface area contributed by atoms with Gasteiger partial charge in [-0.1, -0.05) is 95.3 Å². The van der Waals surface area contributed by atoms with E-state index in [0.29, 0.717) is 0 Å². The predicted molar refractivity (Wildman–Crippen MR) is 103 cm³/mol. The fourth-order valence-corrected chi connectivity index (χ4v) is 7.71. The lowest BCUT2D eigenvalue weighted by Crippen LogP contribution is -2.66. The Labute approximate surface area is 142 Å². The van der Waals surface area contributed by atoms with Crippen LogP contribution < -0.4 is 10.4 Å². The fraction of sp³-hybridized carbons (Fsp3) is 0.381. The van der Waals surface area contributed by atoms with Crippen molar-refractivity contribution in [2.24, 2.45) is 0 Å². The number of benzene rings is 2. The van der Waals surface area contributed by atoms with Gasteiger partial charge in [-0.05, 0) is 27.8 Å². The third-order valence-electron chi connectivity index (χ3n) is 4.56. The fourth-order valence-electron chi connectivity index (χ4n) is 3.10. The molecule has 0 aliphatic heterocycles. The molecule has 0 aliphatic carbocycles. The van der Waals surface area contributed by atoms with Gasteiger partial charge in [-0.2, -0.15) is 0 Å². The highest BCUT2D eigenvalue weighted by Crippen LogP contribution is 2.37. The van der Waals surface area contributed by atoms with E-state index < -0.39 is 8.32 Å². The van der Waals surface area contributed by atoms with Crippen LogP contribution in [0.2, 0.25) is 5.04 Å². The Balaban J connectivity index is 2.60. The van der Waals surface area contributed by atoms with Crippen molar-refractivity contribution in [2.75, 3.05) is 6.61 Å². The van der Waals surface area contributed by atoms with Crippen molar-refractivity contribution >= 4 is 18.7 Å². The first kappa shape index (κ1) is 18.0. The molecule has 0 unspecified atom stereocenters. The smallest absolute Gasteiger partial charge is 0.261 e. The van der Waals surface area contributed by atoms with Crippen LogP contribution in [-0.2, 0) is 4.43 Å². The normalized spacial score (nSPS) is 12.6. The SMILES string of the molecule is CC[C](C)CO[Si](c1ccccc1)(c1ccccc1)C(C)(C)C. The molecule has 0 amide bonds. The van der Waals surface area contributed by atoms with E-state index >= 15 is 0 Å². The quantitative estimate of drug-likeness (QED) is 0.707. The van der Waals surface area contributed by atoms with Crippen molar-refractivity contribution in [1.82, 2.24) is 0 Å². The van der Waals surface area contributed by atoms with Crippen LogP contribution in [0.25, 0.3) is 0 Å². The Bertz CT molecular complexity index is 547. The minimum atomic E-state index is -2.35. The first-order chi connectivity index (χ1) is 10.9. The van der Waals surface area contributed by atoms with Crippen molar-refractivity contribution in [3.63, 3.8) is 0 Å². The molecule has 2 rings (SSSR count). The summed E-state index contributed by atoms with van der Waals surface area (Å²) in [5.74, 6) is 1.40. The average Bonchev–Trinajstić information content (AvgIpc) is 2.56. The molecule has 0 atom stereocenters. The van der Waals surface area contributed by atoms with E-state index in [2.05, 4.69) is 95.3 Å². The van der Waals surface area contributed by atoms with Crippen molar-refractivity contribution in [1.29, 1.82) is 0 Å². The Kier molecular flexibility index (Phi) is 5.82. The number of hydrogen-bond acceptors (Lipinski definition) is 1. The molecule has 23 heavy (non-hydrogen) atoms. The summed E-state index contributed by atoms with van der Waals surface area (Å²) >= 11 is 0. The van der Waals surface area contributed by atoms with E-state index in [1.54, 1.807) is 0 Å². The van der Waals surface area contributed by atoms with Gasteiger partial charge in [0.25, 0.3) is 8.32 Å². The highest BCUT2D eigenvalue weighted by Gasteiger charge is 2.50. The molecule has 0 spiro atoms. The van der Waals surface area contributed by atoms with Crippen molar-refractivity contribution in [2.45, 2.75) is 46.1 Å². The molecule has 123 valence electrons. The third-order valence-corrected chi connectivity index (χ3v) is 9.54. The summed E-state index contributed by atoms with van der Waals surface area (Å²) in [6, 6.07) is 21.7. The standard InChI is InChI=1S/C21H29OSi/c1-6-18(2)17-22-23(21(3,4)5,19-13-9-7-10-14-19)20-15-11-8-12-16-20/h7-16H,6,17H2,1-5H3. The third kappa shape index (κ3) is 3.76. The second-order valence-corrected chi connectivity index (χ2v) is 11.6. The van der Waals surface area contributed by atoms with E-state index in [0.717, 1.165) is 13.0 Å². The van der Waals surface area contributed by atoms with Gasteiger partial charge in [0.2, 0.25) is 0 Å². The molecule has 0 aliphatic rings. The molecule has 2 heteroatoms. The van der Waals surface area contributed by atoms with Gasteiger partial charge in [-0.25, -0.2) is 0 Å². The van der Waals surface area contributed by atoms with Crippen LogP contribution in [0.15, 0.2) is 60.7 Å². The number of hydrogen-bond donors (Lipinski definition) is 0. The molecular formula is C21H29OSi. The molecule has 1 nitrogen and oxygen atoms in total. The maximum Gasteiger partial charge on any atom is 0.261 e. The van der Waals surface area contributed by atoms with Crippen LogP contribution in [0.5, 0.6) is 0 Å². The van der Waals surface area contributed by atoms with Crippen molar-refractivity contribution in [3.05, 3.63) is 66.6 Å². The predicted octanol–water partition coefficient (Wildman–Crippen LogP) is 4.57. The zero-order chi connectivity index (χ0) is 16.9. The second-order valence-electron chi connectivity index (χ2n) is 7.26. The van der Waals surface area contributed by atoms with Gasteiger partial charge in [0, 0.05) is 6.61 Å². The monoisotopic (exact) mass is 325 g/mol. The van der Waals surface area contributed by atoms with E-state index in [9.17, 15) is 0 Å². The first-order valence-corrected chi connectivity index (χ1v) is 10.4. The summed E-state index contributed by atoms with van der Waals surface area (Å²) in [7, 11) is -2.35. The second kappa shape index (κ2) is 7.46. The summed E-state index contributed by atoms with van der Waals surface area (Å²) < 4.78 is 6.82. The Morgan fingerprint density at radius 3 is 1.65 bits per heavy atom. The zero-order valence-electron chi connectivity index (χ0n) is 15.1. The van der Waals surface area contributed by atoms with Gasteiger partial charge in [0.15, 0.2) is 0 Å². The van der Waals surface area contributed by atoms with Crippen LogP contribution in [0.3, 0.4) is 0 Å². The van der Waals surface area contributed by atoms with Gasteiger partial charge in [-0.3, -0.25) is 0 Å². The Morgan fingerprint density at radius 1 is 0.870 bits per heavy atom. The minimum Gasteiger partial charge on any atom is -0.407 e. The van der Waals surface area contributed by atoms with Crippen LogP contribution in [0.1, 0.15) is 41.0 Å². The highest BCUT2D eigenvalue weighted by molar-refractivity contribution is 6.99. The molecule has 1 radical (unpaired) electrons. The molecule has 0 saturated heterocycles. The molecule has 2 aromatic rings. The topological polar surface area (TPSA) is 9.23 Å². The average molecular weight is 326 g/mol. The first-order valence-electron chi connectivity index (χ1n) is 8.48. The maximum absolute atomic E-state index is 6.82. The van der Waals surface area contributed by atoms with Crippen molar-refractivity contribution < 1.29 is 4.43 Å². The highest BCUT2D eigenvalue weighted by atomic mass is 28.4. The Hall–Kier alpha value is -1.38. The van der Waals surface area contributed by atoms with Gasteiger partial charge >= 0.3 is 0 Å².